The average molecular weight is 545 g/mol. The van der Waals surface area contributed by atoms with Crippen LogP contribution in [0.2, 0.25) is 0 Å². The fraction of sp³-hybridized carbons (Fsp3) is 0.206. The van der Waals surface area contributed by atoms with Gasteiger partial charge in [0.1, 0.15) is 17.3 Å². The molecule has 1 fully saturated rings. The third kappa shape index (κ3) is 5.31. The Morgan fingerprint density at radius 2 is 1.68 bits per heavy atom. The van der Waals surface area contributed by atoms with Gasteiger partial charge in [-0.1, -0.05) is 60.2 Å². The van der Waals surface area contributed by atoms with Gasteiger partial charge in [0, 0.05) is 55.3 Å². The highest BCUT2D eigenvalue weighted by atomic mass is 16.5. The van der Waals surface area contributed by atoms with Gasteiger partial charge in [-0.05, 0) is 48.9 Å². The van der Waals surface area contributed by atoms with Gasteiger partial charge >= 0.3 is 0 Å². The first kappa shape index (κ1) is 26.3. The van der Waals surface area contributed by atoms with Gasteiger partial charge in [-0.25, -0.2) is 4.98 Å². The van der Waals surface area contributed by atoms with Crippen LogP contribution in [-0.4, -0.2) is 59.4 Å². The SMILES string of the molecule is CCOc1cccc(-n2cc(C(=O)N3CCN(c4cc(C=O)c5ccccc5c4)CC3)nc2-c2ccc(C)cc2)c1. The molecular formula is C34H32N4O3. The minimum atomic E-state index is -0.0928. The first-order valence-corrected chi connectivity index (χ1v) is 14.0. The van der Waals surface area contributed by atoms with E-state index < -0.39 is 0 Å². The van der Waals surface area contributed by atoms with Crippen LogP contribution in [0.4, 0.5) is 5.69 Å². The van der Waals surface area contributed by atoms with Gasteiger partial charge in [0.05, 0.1) is 12.3 Å². The summed E-state index contributed by atoms with van der Waals surface area (Å²) < 4.78 is 7.70. The van der Waals surface area contributed by atoms with Crippen LogP contribution in [0.15, 0.2) is 91.1 Å². The molecule has 0 spiro atoms. The van der Waals surface area contributed by atoms with Crippen LogP contribution in [0.5, 0.6) is 5.75 Å². The zero-order valence-corrected chi connectivity index (χ0v) is 23.3. The minimum absolute atomic E-state index is 0.0928. The summed E-state index contributed by atoms with van der Waals surface area (Å²) in [7, 11) is 0. The number of ether oxygens (including phenoxy) is 1. The Hall–Kier alpha value is -4.91. The molecule has 7 nitrogen and oxygen atoms in total. The van der Waals surface area contributed by atoms with Gasteiger partial charge in [0.15, 0.2) is 6.29 Å². The molecule has 2 heterocycles. The van der Waals surface area contributed by atoms with E-state index in [1.54, 1.807) is 0 Å². The van der Waals surface area contributed by atoms with Crippen molar-refractivity contribution >= 4 is 28.7 Å². The monoisotopic (exact) mass is 544 g/mol. The number of rotatable bonds is 7. The number of carbonyl (C=O) groups excluding carboxylic acids is 2. The predicted octanol–water partition coefficient (Wildman–Crippen LogP) is 6.17. The van der Waals surface area contributed by atoms with Gasteiger partial charge in [-0.3, -0.25) is 14.2 Å². The molecular weight excluding hydrogens is 512 g/mol. The topological polar surface area (TPSA) is 67.7 Å². The number of piperazine rings is 1. The molecule has 0 atom stereocenters. The van der Waals surface area contributed by atoms with Crippen molar-refractivity contribution in [2.45, 2.75) is 13.8 Å². The lowest BCUT2D eigenvalue weighted by Gasteiger charge is -2.36. The van der Waals surface area contributed by atoms with Crippen LogP contribution in [0.1, 0.15) is 33.3 Å². The number of fused-ring (bicyclic) bond motifs is 1. The average Bonchev–Trinajstić information content (AvgIpc) is 3.46. The molecule has 1 aliphatic heterocycles. The Morgan fingerprint density at radius 3 is 2.44 bits per heavy atom. The summed E-state index contributed by atoms with van der Waals surface area (Å²) in [4.78, 5) is 34.4. The van der Waals surface area contributed by atoms with Crippen molar-refractivity contribution in [1.82, 2.24) is 14.5 Å². The molecule has 1 amide bonds. The molecule has 6 rings (SSSR count). The summed E-state index contributed by atoms with van der Waals surface area (Å²) in [5, 5.41) is 1.99. The third-order valence-electron chi connectivity index (χ3n) is 7.58. The number of aromatic nitrogens is 2. The van der Waals surface area contributed by atoms with E-state index in [4.69, 9.17) is 9.72 Å². The molecule has 41 heavy (non-hydrogen) atoms. The normalized spacial score (nSPS) is 13.4. The molecule has 1 aliphatic rings. The van der Waals surface area contributed by atoms with Crippen LogP contribution in [0.25, 0.3) is 27.8 Å². The number of benzene rings is 4. The third-order valence-corrected chi connectivity index (χ3v) is 7.58. The first-order chi connectivity index (χ1) is 20.0. The maximum Gasteiger partial charge on any atom is 0.274 e. The summed E-state index contributed by atoms with van der Waals surface area (Å²) in [6.45, 7) is 7.05. The molecule has 0 aliphatic carbocycles. The quantitative estimate of drug-likeness (QED) is 0.229. The van der Waals surface area contributed by atoms with Crippen molar-refractivity contribution in [2.24, 2.45) is 0 Å². The number of aldehydes is 1. The lowest BCUT2D eigenvalue weighted by molar-refractivity contribution is 0.0741. The lowest BCUT2D eigenvalue weighted by atomic mass is 10.0. The van der Waals surface area contributed by atoms with E-state index in [0.717, 1.165) is 45.3 Å². The van der Waals surface area contributed by atoms with Crippen molar-refractivity contribution < 1.29 is 14.3 Å². The predicted molar refractivity (Wildman–Crippen MR) is 162 cm³/mol. The molecule has 7 heteroatoms. The van der Waals surface area contributed by atoms with Crippen molar-refractivity contribution in [2.75, 3.05) is 37.7 Å². The summed E-state index contributed by atoms with van der Waals surface area (Å²) >= 11 is 0. The van der Waals surface area contributed by atoms with E-state index >= 15 is 0 Å². The Bertz CT molecular complexity index is 1720. The second-order valence-electron chi connectivity index (χ2n) is 10.3. The zero-order chi connectivity index (χ0) is 28.3. The van der Waals surface area contributed by atoms with E-state index in [1.165, 1.54) is 0 Å². The summed E-state index contributed by atoms with van der Waals surface area (Å²) in [6, 6.07) is 28.0. The molecule has 5 aromatic rings. The van der Waals surface area contributed by atoms with Crippen LogP contribution in [0, 0.1) is 6.92 Å². The smallest absolute Gasteiger partial charge is 0.274 e. The van der Waals surface area contributed by atoms with Crippen molar-refractivity contribution in [3.8, 4) is 22.8 Å². The number of anilines is 1. The molecule has 206 valence electrons. The fourth-order valence-electron chi connectivity index (χ4n) is 5.41. The highest BCUT2D eigenvalue weighted by molar-refractivity contribution is 6.00. The highest BCUT2D eigenvalue weighted by Gasteiger charge is 2.26. The highest BCUT2D eigenvalue weighted by Crippen LogP contribution is 2.28. The number of aryl methyl sites for hydroxylation is 1. The van der Waals surface area contributed by atoms with E-state index in [1.807, 2.05) is 96.2 Å². The first-order valence-electron chi connectivity index (χ1n) is 14.0. The van der Waals surface area contributed by atoms with Crippen molar-refractivity contribution in [3.63, 3.8) is 0 Å². The number of nitrogens with zero attached hydrogens (tertiary/aromatic N) is 4. The molecule has 1 saturated heterocycles. The van der Waals surface area contributed by atoms with Crippen molar-refractivity contribution in [1.29, 1.82) is 0 Å². The molecule has 0 unspecified atom stereocenters. The molecule has 1 aromatic heterocycles. The van der Waals surface area contributed by atoms with Gasteiger partial charge in [0.2, 0.25) is 0 Å². The summed E-state index contributed by atoms with van der Waals surface area (Å²) in [5.41, 5.74) is 5.06. The number of amides is 1. The maximum absolute atomic E-state index is 13.7. The number of carbonyl (C=O) groups is 2. The van der Waals surface area contributed by atoms with E-state index in [9.17, 15) is 9.59 Å². The Kier molecular flexibility index (Phi) is 7.25. The molecule has 0 bridgehead atoms. The minimum Gasteiger partial charge on any atom is -0.494 e. The Labute approximate surface area is 239 Å². The van der Waals surface area contributed by atoms with Crippen LogP contribution >= 0.6 is 0 Å². The molecule has 0 N–H and O–H groups in total. The summed E-state index contributed by atoms with van der Waals surface area (Å²) in [5.74, 6) is 1.38. The fourth-order valence-corrected chi connectivity index (χ4v) is 5.41. The van der Waals surface area contributed by atoms with Crippen molar-refractivity contribution in [3.05, 3.63) is 108 Å². The van der Waals surface area contributed by atoms with Gasteiger partial charge in [-0.15, -0.1) is 0 Å². The van der Waals surface area contributed by atoms with Crippen LogP contribution in [0.3, 0.4) is 0 Å². The molecule has 0 saturated carbocycles. The second-order valence-corrected chi connectivity index (χ2v) is 10.3. The number of hydrogen-bond donors (Lipinski definition) is 0. The molecule has 4 aromatic carbocycles. The van der Waals surface area contributed by atoms with Crippen LogP contribution < -0.4 is 9.64 Å². The van der Waals surface area contributed by atoms with Gasteiger partial charge < -0.3 is 14.5 Å². The van der Waals surface area contributed by atoms with Crippen LogP contribution in [-0.2, 0) is 0 Å². The second kappa shape index (κ2) is 11.3. The zero-order valence-electron chi connectivity index (χ0n) is 23.3. The number of imidazole rings is 1. The summed E-state index contributed by atoms with van der Waals surface area (Å²) in [6.07, 6.45) is 2.74. The lowest BCUT2D eigenvalue weighted by Crippen LogP contribution is -2.49. The standard InChI is InChI=1S/C34H32N4O3/c1-3-41-30-9-6-8-28(21-30)38-22-32(35-33(38)25-13-11-24(2)12-14-25)34(40)37-17-15-36(16-18-37)29-19-26-7-4-5-10-31(26)27(20-29)23-39/h4-14,19-23H,3,15-18H2,1-2H3. The van der Waals surface area contributed by atoms with E-state index in [2.05, 4.69) is 23.1 Å². The van der Waals surface area contributed by atoms with E-state index in [-0.39, 0.29) is 5.91 Å². The van der Waals surface area contributed by atoms with Gasteiger partial charge in [-0.2, -0.15) is 0 Å². The van der Waals surface area contributed by atoms with Gasteiger partial charge in [0.25, 0.3) is 5.91 Å². The Morgan fingerprint density at radius 1 is 0.902 bits per heavy atom. The molecule has 0 radical (unpaired) electrons. The number of hydrogen-bond acceptors (Lipinski definition) is 5. The maximum atomic E-state index is 13.7. The largest absolute Gasteiger partial charge is 0.494 e. The Balaban J connectivity index is 1.26. The van der Waals surface area contributed by atoms with E-state index in [0.29, 0.717) is 49.9 Å².